The van der Waals surface area contributed by atoms with Gasteiger partial charge in [0.2, 0.25) is 0 Å². The highest BCUT2D eigenvalue weighted by molar-refractivity contribution is 6.39. The summed E-state index contributed by atoms with van der Waals surface area (Å²) < 4.78 is 5.37. The van der Waals surface area contributed by atoms with Crippen LogP contribution in [-0.4, -0.2) is 24.6 Å². The Bertz CT molecular complexity index is 781. The average molecular weight is 351 g/mol. The van der Waals surface area contributed by atoms with Crippen LogP contribution in [0.15, 0.2) is 66.3 Å². The molecule has 134 valence electrons. The molecule has 6 nitrogen and oxygen atoms in total. The van der Waals surface area contributed by atoms with Crippen molar-refractivity contribution in [3.63, 3.8) is 0 Å². The maximum atomic E-state index is 11.8. The molecule has 2 rings (SSSR count). The molecule has 0 unspecified atom stereocenters. The van der Waals surface area contributed by atoms with Gasteiger partial charge in [0.15, 0.2) is 0 Å². The maximum Gasteiger partial charge on any atom is 0.329 e. The van der Waals surface area contributed by atoms with Crippen molar-refractivity contribution in [2.24, 2.45) is 5.10 Å². The zero-order valence-electron chi connectivity index (χ0n) is 14.6. The first-order valence-electron chi connectivity index (χ1n) is 8.19. The van der Waals surface area contributed by atoms with Crippen LogP contribution in [0.1, 0.15) is 18.1 Å². The Hall–Kier alpha value is -3.41. The third kappa shape index (κ3) is 5.90. The molecule has 2 N–H and O–H groups in total. The van der Waals surface area contributed by atoms with Crippen molar-refractivity contribution in [2.45, 2.75) is 13.3 Å². The molecule has 2 amide bonds. The van der Waals surface area contributed by atoms with Crippen molar-refractivity contribution < 1.29 is 14.3 Å². The Morgan fingerprint density at radius 3 is 2.38 bits per heavy atom. The van der Waals surface area contributed by atoms with Crippen molar-refractivity contribution in [3.8, 4) is 5.75 Å². The summed E-state index contributed by atoms with van der Waals surface area (Å²) in [6, 6.07) is 14.4. The number of amides is 2. The number of rotatable bonds is 7. The number of hydrogen-bond donors (Lipinski definition) is 2. The highest BCUT2D eigenvalue weighted by atomic mass is 16.5. The number of anilines is 1. The van der Waals surface area contributed by atoms with E-state index in [4.69, 9.17) is 4.74 Å². The van der Waals surface area contributed by atoms with Crippen molar-refractivity contribution >= 4 is 23.7 Å². The highest BCUT2D eigenvalue weighted by Crippen LogP contribution is 2.11. The van der Waals surface area contributed by atoms with Gasteiger partial charge >= 0.3 is 11.8 Å². The van der Waals surface area contributed by atoms with E-state index in [-0.39, 0.29) is 0 Å². The SMILES string of the molecule is C=CCOc1ccc(/C=N\NC(=O)C(=O)Nc2ccc(CC)cc2)cc1. The summed E-state index contributed by atoms with van der Waals surface area (Å²) in [7, 11) is 0. The van der Waals surface area contributed by atoms with Crippen LogP contribution in [0.4, 0.5) is 5.69 Å². The quantitative estimate of drug-likeness (QED) is 0.348. The largest absolute Gasteiger partial charge is 0.490 e. The van der Waals surface area contributed by atoms with Gasteiger partial charge in [0.1, 0.15) is 12.4 Å². The molecule has 0 heterocycles. The van der Waals surface area contributed by atoms with Gasteiger partial charge in [-0.2, -0.15) is 5.10 Å². The van der Waals surface area contributed by atoms with Gasteiger partial charge in [-0.3, -0.25) is 9.59 Å². The number of nitrogens with zero attached hydrogens (tertiary/aromatic N) is 1. The fraction of sp³-hybridized carbons (Fsp3) is 0.150. The Morgan fingerprint density at radius 2 is 1.77 bits per heavy atom. The molecule has 2 aromatic carbocycles. The molecule has 0 saturated carbocycles. The topological polar surface area (TPSA) is 79.8 Å². The monoisotopic (exact) mass is 351 g/mol. The Labute approximate surface area is 152 Å². The molecule has 0 fully saturated rings. The van der Waals surface area contributed by atoms with Crippen molar-refractivity contribution in [2.75, 3.05) is 11.9 Å². The van der Waals surface area contributed by atoms with Gasteiger partial charge in [0.05, 0.1) is 6.21 Å². The molecule has 0 aromatic heterocycles. The number of ether oxygens (including phenoxy) is 1. The lowest BCUT2D eigenvalue weighted by Gasteiger charge is -2.05. The van der Waals surface area contributed by atoms with Crippen molar-refractivity contribution in [1.29, 1.82) is 0 Å². The summed E-state index contributed by atoms with van der Waals surface area (Å²) in [6.45, 7) is 6.05. The third-order valence-electron chi connectivity index (χ3n) is 3.45. The van der Waals surface area contributed by atoms with Crippen LogP contribution in [0.3, 0.4) is 0 Å². The Kier molecular flexibility index (Phi) is 7.12. The van der Waals surface area contributed by atoms with Crippen LogP contribution in [0, 0.1) is 0 Å². The molecule has 0 bridgehead atoms. The molecule has 0 aliphatic rings. The van der Waals surface area contributed by atoms with Crippen molar-refractivity contribution in [3.05, 3.63) is 72.3 Å². The Balaban J connectivity index is 1.83. The smallest absolute Gasteiger partial charge is 0.329 e. The summed E-state index contributed by atoms with van der Waals surface area (Å²) in [5.74, 6) is -0.911. The highest BCUT2D eigenvalue weighted by Gasteiger charge is 2.12. The van der Waals surface area contributed by atoms with Gasteiger partial charge in [0.25, 0.3) is 0 Å². The number of carbonyl (C=O) groups excluding carboxylic acids is 2. The lowest BCUT2D eigenvalue weighted by molar-refractivity contribution is -0.136. The molecule has 0 aliphatic carbocycles. The predicted octanol–water partition coefficient (Wildman–Crippen LogP) is 2.90. The van der Waals surface area contributed by atoms with E-state index >= 15 is 0 Å². The first kappa shape index (κ1) is 18.9. The second-order valence-corrected chi connectivity index (χ2v) is 5.37. The molecule has 0 spiro atoms. The number of carbonyl (C=O) groups is 2. The molecular formula is C20H21N3O3. The van der Waals surface area contributed by atoms with Crippen LogP contribution in [0.2, 0.25) is 0 Å². The van der Waals surface area contributed by atoms with E-state index < -0.39 is 11.8 Å². The molecule has 26 heavy (non-hydrogen) atoms. The van der Waals surface area contributed by atoms with Gasteiger partial charge in [0, 0.05) is 5.69 Å². The second-order valence-electron chi connectivity index (χ2n) is 5.37. The first-order valence-corrected chi connectivity index (χ1v) is 8.19. The van der Waals surface area contributed by atoms with E-state index in [0.29, 0.717) is 18.0 Å². The van der Waals surface area contributed by atoms with E-state index in [1.54, 1.807) is 42.5 Å². The van der Waals surface area contributed by atoms with Crippen LogP contribution in [0.5, 0.6) is 5.75 Å². The van der Waals surface area contributed by atoms with Crippen LogP contribution in [-0.2, 0) is 16.0 Å². The fourth-order valence-electron chi connectivity index (χ4n) is 2.03. The molecule has 2 aromatic rings. The summed E-state index contributed by atoms with van der Waals surface area (Å²) in [5, 5.41) is 6.30. The van der Waals surface area contributed by atoms with Crippen LogP contribution in [0.25, 0.3) is 0 Å². The zero-order chi connectivity index (χ0) is 18.8. The summed E-state index contributed by atoms with van der Waals surface area (Å²) in [5.41, 5.74) is 4.66. The molecule has 6 heteroatoms. The first-order chi connectivity index (χ1) is 12.6. The number of hydrogen-bond acceptors (Lipinski definition) is 4. The summed E-state index contributed by atoms with van der Waals surface area (Å²) >= 11 is 0. The molecule has 0 saturated heterocycles. The van der Waals surface area contributed by atoms with Gasteiger partial charge in [-0.05, 0) is 53.9 Å². The molecule has 0 aliphatic heterocycles. The molecular weight excluding hydrogens is 330 g/mol. The van der Waals surface area contributed by atoms with E-state index in [9.17, 15) is 9.59 Å². The number of aryl methyl sites for hydroxylation is 1. The van der Waals surface area contributed by atoms with E-state index in [1.807, 2.05) is 19.1 Å². The summed E-state index contributed by atoms with van der Waals surface area (Å²) in [6.07, 6.45) is 4.01. The minimum Gasteiger partial charge on any atom is -0.490 e. The maximum absolute atomic E-state index is 11.8. The van der Waals surface area contributed by atoms with E-state index in [0.717, 1.165) is 17.5 Å². The minimum atomic E-state index is -0.841. The van der Waals surface area contributed by atoms with Gasteiger partial charge in [-0.25, -0.2) is 5.43 Å². The molecule has 0 radical (unpaired) electrons. The number of hydrazone groups is 1. The van der Waals surface area contributed by atoms with Gasteiger partial charge in [-0.15, -0.1) is 0 Å². The van der Waals surface area contributed by atoms with E-state index in [2.05, 4.69) is 22.4 Å². The normalized spacial score (nSPS) is 10.3. The molecule has 0 atom stereocenters. The van der Waals surface area contributed by atoms with Gasteiger partial charge in [-0.1, -0.05) is 31.7 Å². The van der Waals surface area contributed by atoms with Crippen LogP contribution >= 0.6 is 0 Å². The van der Waals surface area contributed by atoms with Crippen molar-refractivity contribution in [1.82, 2.24) is 5.43 Å². The standard InChI is InChI=1S/C20H21N3O3/c1-3-13-26-18-11-7-16(8-12-18)14-21-23-20(25)19(24)22-17-9-5-15(4-2)6-10-17/h3,5-12,14H,1,4,13H2,2H3,(H,22,24)(H,23,25)/b21-14-. The number of benzene rings is 2. The minimum absolute atomic E-state index is 0.430. The van der Waals surface area contributed by atoms with E-state index in [1.165, 1.54) is 6.21 Å². The lowest BCUT2D eigenvalue weighted by atomic mass is 10.1. The second kappa shape index (κ2) is 9.78. The number of nitrogens with one attached hydrogen (secondary N) is 2. The van der Waals surface area contributed by atoms with Gasteiger partial charge < -0.3 is 10.1 Å². The lowest BCUT2D eigenvalue weighted by Crippen LogP contribution is -2.32. The fourth-order valence-corrected chi connectivity index (χ4v) is 2.03. The van der Waals surface area contributed by atoms with Crippen LogP contribution < -0.4 is 15.5 Å². The Morgan fingerprint density at radius 1 is 1.08 bits per heavy atom. The summed E-state index contributed by atoms with van der Waals surface area (Å²) in [4.78, 5) is 23.6. The predicted molar refractivity (Wildman–Crippen MR) is 102 cm³/mol. The zero-order valence-corrected chi connectivity index (χ0v) is 14.6. The third-order valence-corrected chi connectivity index (χ3v) is 3.45. The average Bonchev–Trinajstić information content (AvgIpc) is 2.67.